The first-order chi connectivity index (χ1) is 13.2. The van der Waals surface area contributed by atoms with E-state index in [9.17, 15) is 14.0 Å². The molecule has 6 nitrogen and oxygen atoms in total. The fourth-order valence-electron chi connectivity index (χ4n) is 2.50. The van der Waals surface area contributed by atoms with Crippen molar-refractivity contribution in [1.29, 1.82) is 0 Å². The van der Waals surface area contributed by atoms with Gasteiger partial charge in [0.25, 0.3) is 0 Å². The van der Waals surface area contributed by atoms with Gasteiger partial charge in [0.15, 0.2) is 0 Å². The van der Waals surface area contributed by atoms with Crippen molar-refractivity contribution in [2.45, 2.75) is 19.9 Å². The number of hydrogen-bond donors (Lipinski definition) is 2. The third kappa shape index (κ3) is 5.68. The van der Waals surface area contributed by atoms with Gasteiger partial charge in [-0.25, -0.2) is 4.39 Å². The molecule has 2 aromatic rings. The van der Waals surface area contributed by atoms with E-state index >= 15 is 0 Å². The number of amides is 2. The predicted octanol–water partition coefficient (Wildman–Crippen LogP) is 3.69. The van der Waals surface area contributed by atoms with Gasteiger partial charge in [0.05, 0.1) is 25.4 Å². The molecule has 0 radical (unpaired) electrons. The highest BCUT2D eigenvalue weighted by atomic mass is 35.5. The summed E-state index contributed by atoms with van der Waals surface area (Å²) in [6, 6.07) is 8.45. The summed E-state index contributed by atoms with van der Waals surface area (Å²) in [5.74, 6) is -0.626. The summed E-state index contributed by atoms with van der Waals surface area (Å²) in [5, 5.41) is 5.87. The van der Waals surface area contributed by atoms with Gasteiger partial charge in [-0.05, 0) is 56.8 Å². The van der Waals surface area contributed by atoms with Crippen LogP contribution in [-0.2, 0) is 9.59 Å². The highest BCUT2D eigenvalue weighted by Crippen LogP contribution is 2.27. The Hall–Kier alpha value is -2.64. The van der Waals surface area contributed by atoms with E-state index in [4.69, 9.17) is 16.3 Å². The summed E-state index contributed by atoms with van der Waals surface area (Å²) in [6.07, 6.45) is 0. The molecule has 28 heavy (non-hydrogen) atoms. The molecular formula is C20H23ClFN3O3. The molecule has 150 valence electrons. The lowest BCUT2D eigenvalue weighted by atomic mass is 10.2. The summed E-state index contributed by atoms with van der Waals surface area (Å²) in [6.45, 7) is 3.40. The fraction of sp³-hybridized carbons (Fsp3) is 0.300. The number of nitrogens with one attached hydrogen (secondary N) is 2. The highest BCUT2D eigenvalue weighted by molar-refractivity contribution is 6.31. The monoisotopic (exact) mass is 407 g/mol. The minimum atomic E-state index is -0.616. The number of carbonyl (C=O) groups is 2. The number of likely N-dealkylation sites (N-methyl/N-ethyl adjacent to an activating group) is 1. The summed E-state index contributed by atoms with van der Waals surface area (Å²) >= 11 is 5.96. The van der Waals surface area contributed by atoms with Gasteiger partial charge in [-0.2, -0.15) is 0 Å². The van der Waals surface area contributed by atoms with Gasteiger partial charge in [0.2, 0.25) is 11.8 Å². The van der Waals surface area contributed by atoms with Crippen LogP contribution in [0.3, 0.4) is 0 Å². The molecule has 1 atom stereocenters. The molecule has 0 aliphatic heterocycles. The molecule has 0 saturated carbocycles. The number of benzene rings is 2. The normalized spacial score (nSPS) is 11.8. The Balaban J connectivity index is 1.98. The van der Waals surface area contributed by atoms with Crippen LogP contribution in [0, 0.1) is 12.7 Å². The van der Waals surface area contributed by atoms with Crippen molar-refractivity contribution < 1.29 is 18.7 Å². The van der Waals surface area contributed by atoms with Crippen molar-refractivity contribution in [2.75, 3.05) is 31.3 Å². The second-order valence-electron chi connectivity index (χ2n) is 6.43. The molecule has 0 spiro atoms. The zero-order chi connectivity index (χ0) is 20.8. The Labute approximate surface area is 168 Å². The minimum absolute atomic E-state index is 0.0353. The second-order valence-corrected chi connectivity index (χ2v) is 6.87. The maximum atomic E-state index is 13.4. The number of methoxy groups -OCH3 is 1. The van der Waals surface area contributed by atoms with Crippen molar-refractivity contribution in [1.82, 2.24) is 4.90 Å². The molecule has 2 N–H and O–H groups in total. The number of halogens is 2. The first-order valence-corrected chi connectivity index (χ1v) is 8.99. The number of nitrogens with zero attached hydrogens (tertiary/aromatic N) is 1. The largest absolute Gasteiger partial charge is 0.495 e. The van der Waals surface area contributed by atoms with Crippen LogP contribution >= 0.6 is 11.6 Å². The third-order valence-corrected chi connectivity index (χ3v) is 4.56. The van der Waals surface area contributed by atoms with Gasteiger partial charge in [0, 0.05) is 10.7 Å². The molecule has 0 fully saturated rings. The van der Waals surface area contributed by atoms with Gasteiger partial charge >= 0.3 is 0 Å². The molecule has 2 amide bonds. The molecule has 8 heteroatoms. The van der Waals surface area contributed by atoms with E-state index in [0.29, 0.717) is 22.1 Å². The lowest BCUT2D eigenvalue weighted by Gasteiger charge is -2.24. The van der Waals surface area contributed by atoms with E-state index in [-0.39, 0.29) is 18.4 Å². The van der Waals surface area contributed by atoms with E-state index in [1.807, 2.05) is 0 Å². The zero-order valence-electron chi connectivity index (χ0n) is 16.2. The van der Waals surface area contributed by atoms with Crippen molar-refractivity contribution in [3.63, 3.8) is 0 Å². The summed E-state index contributed by atoms with van der Waals surface area (Å²) < 4.78 is 18.6. The second kappa shape index (κ2) is 9.52. The first kappa shape index (κ1) is 21.7. The maximum absolute atomic E-state index is 13.4. The molecule has 0 heterocycles. The van der Waals surface area contributed by atoms with Crippen molar-refractivity contribution in [2.24, 2.45) is 0 Å². The Kier molecular flexibility index (Phi) is 7.37. The van der Waals surface area contributed by atoms with Crippen LogP contribution in [-0.4, -0.2) is 43.5 Å². The van der Waals surface area contributed by atoms with Gasteiger partial charge in [-0.15, -0.1) is 0 Å². The standard InChI is InChI=1S/C20H23ClFN3O3/c1-12-5-7-15(22)10-16(12)24-20(27)13(2)25(3)11-19(26)23-17-9-14(21)6-8-18(17)28-4/h5-10,13H,11H2,1-4H3,(H,23,26)(H,24,27). The van der Waals surface area contributed by atoms with E-state index in [0.717, 1.165) is 5.56 Å². The number of aryl methyl sites for hydroxylation is 1. The summed E-state index contributed by atoms with van der Waals surface area (Å²) in [7, 11) is 3.14. The van der Waals surface area contributed by atoms with Gasteiger partial charge < -0.3 is 15.4 Å². The van der Waals surface area contributed by atoms with Crippen LogP contribution in [0.15, 0.2) is 36.4 Å². The average Bonchev–Trinajstić information content (AvgIpc) is 2.64. The van der Waals surface area contributed by atoms with E-state index in [1.165, 1.54) is 19.2 Å². The minimum Gasteiger partial charge on any atom is -0.495 e. The molecule has 0 aliphatic rings. The lowest BCUT2D eigenvalue weighted by molar-refractivity contribution is -0.122. The lowest BCUT2D eigenvalue weighted by Crippen LogP contribution is -2.43. The fourth-order valence-corrected chi connectivity index (χ4v) is 2.67. The smallest absolute Gasteiger partial charge is 0.241 e. The van der Waals surface area contributed by atoms with Crippen LogP contribution in [0.2, 0.25) is 5.02 Å². The van der Waals surface area contributed by atoms with Crippen LogP contribution in [0.4, 0.5) is 15.8 Å². The molecule has 1 unspecified atom stereocenters. The zero-order valence-corrected chi connectivity index (χ0v) is 16.9. The Morgan fingerprint density at radius 2 is 1.89 bits per heavy atom. The number of rotatable bonds is 7. The molecular weight excluding hydrogens is 385 g/mol. The summed E-state index contributed by atoms with van der Waals surface area (Å²) in [4.78, 5) is 26.4. The van der Waals surface area contributed by atoms with E-state index in [1.54, 1.807) is 50.1 Å². The molecule has 2 aromatic carbocycles. The first-order valence-electron chi connectivity index (χ1n) is 8.62. The predicted molar refractivity (Wildman–Crippen MR) is 108 cm³/mol. The molecule has 0 aromatic heterocycles. The maximum Gasteiger partial charge on any atom is 0.241 e. The quantitative estimate of drug-likeness (QED) is 0.734. The van der Waals surface area contributed by atoms with Gasteiger partial charge in [-0.1, -0.05) is 17.7 Å². The SMILES string of the molecule is COc1ccc(Cl)cc1NC(=O)CN(C)C(C)C(=O)Nc1cc(F)ccc1C. The highest BCUT2D eigenvalue weighted by Gasteiger charge is 2.21. The number of anilines is 2. The molecule has 0 bridgehead atoms. The van der Waals surface area contributed by atoms with Gasteiger partial charge in [0.1, 0.15) is 11.6 Å². The number of carbonyl (C=O) groups excluding carboxylic acids is 2. The van der Waals surface area contributed by atoms with Crippen molar-refractivity contribution in [3.05, 3.63) is 52.8 Å². The van der Waals surface area contributed by atoms with E-state index < -0.39 is 11.9 Å². The van der Waals surface area contributed by atoms with Crippen LogP contribution in [0.25, 0.3) is 0 Å². The summed E-state index contributed by atoms with van der Waals surface area (Å²) in [5.41, 5.74) is 1.59. The Bertz CT molecular complexity index is 876. The van der Waals surface area contributed by atoms with Gasteiger partial charge in [-0.3, -0.25) is 14.5 Å². The Morgan fingerprint density at radius 3 is 2.57 bits per heavy atom. The molecule has 0 saturated heterocycles. The van der Waals surface area contributed by atoms with Crippen LogP contribution in [0.5, 0.6) is 5.75 Å². The average molecular weight is 408 g/mol. The number of ether oxygens (including phenoxy) is 1. The van der Waals surface area contributed by atoms with Crippen LogP contribution < -0.4 is 15.4 Å². The third-order valence-electron chi connectivity index (χ3n) is 4.33. The van der Waals surface area contributed by atoms with Crippen LogP contribution in [0.1, 0.15) is 12.5 Å². The van der Waals surface area contributed by atoms with Crippen molar-refractivity contribution >= 4 is 34.8 Å². The topological polar surface area (TPSA) is 70.7 Å². The molecule has 2 rings (SSSR count). The number of hydrogen-bond acceptors (Lipinski definition) is 4. The van der Waals surface area contributed by atoms with Crippen molar-refractivity contribution in [3.8, 4) is 5.75 Å². The Morgan fingerprint density at radius 1 is 1.18 bits per heavy atom. The molecule has 0 aliphatic carbocycles. The van der Waals surface area contributed by atoms with E-state index in [2.05, 4.69) is 10.6 Å².